The van der Waals surface area contributed by atoms with Crippen LogP contribution >= 0.6 is 0 Å². The Morgan fingerprint density at radius 3 is 2.43 bits per heavy atom. The summed E-state index contributed by atoms with van der Waals surface area (Å²) >= 11 is 0. The molecule has 23 heavy (non-hydrogen) atoms. The molecule has 2 rings (SSSR count). The fourth-order valence-corrected chi connectivity index (χ4v) is 3.54. The van der Waals surface area contributed by atoms with Gasteiger partial charge in [-0.05, 0) is 26.2 Å². The SMILES string of the molecule is C[C@@H](CC(=O)N1CCCCCC1)N[C@H]1CCN(CC(F)(F)F)C1. The molecule has 0 aromatic heterocycles. The average Bonchev–Trinajstić information content (AvgIpc) is 2.71. The van der Waals surface area contributed by atoms with E-state index in [1.54, 1.807) is 0 Å². The lowest BCUT2D eigenvalue weighted by atomic mass is 10.1. The molecular weight excluding hydrogens is 307 g/mol. The van der Waals surface area contributed by atoms with Gasteiger partial charge in [0.15, 0.2) is 0 Å². The fraction of sp³-hybridized carbons (Fsp3) is 0.938. The maximum atomic E-state index is 12.4. The number of rotatable bonds is 5. The molecule has 2 aliphatic heterocycles. The zero-order valence-electron chi connectivity index (χ0n) is 13.9. The van der Waals surface area contributed by atoms with Crippen molar-refractivity contribution < 1.29 is 18.0 Å². The Balaban J connectivity index is 1.70. The van der Waals surface area contributed by atoms with E-state index in [0.717, 1.165) is 25.9 Å². The third kappa shape index (κ3) is 6.67. The van der Waals surface area contributed by atoms with Crippen molar-refractivity contribution in [1.29, 1.82) is 0 Å². The number of nitrogens with one attached hydrogen (secondary N) is 1. The van der Waals surface area contributed by atoms with Gasteiger partial charge < -0.3 is 10.2 Å². The lowest BCUT2D eigenvalue weighted by molar-refractivity contribution is -0.143. The molecule has 1 N–H and O–H groups in total. The maximum Gasteiger partial charge on any atom is 0.401 e. The predicted molar refractivity (Wildman–Crippen MR) is 83.2 cm³/mol. The van der Waals surface area contributed by atoms with Gasteiger partial charge >= 0.3 is 6.18 Å². The van der Waals surface area contributed by atoms with E-state index < -0.39 is 12.7 Å². The molecule has 0 aromatic rings. The van der Waals surface area contributed by atoms with Gasteiger partial charge in [-0.1, -0.05) is 12.8 Å². The Kier molecular flexibility index (Phi) is 6.71. The normalized spacial score (nSPS) is 25.4. The van der Waals surface area contributed by atoms with Crippen molar-refractivity contribution in [3.8, 4) is 0 Å². The Bertz CT molecular complexity index is 381. The van der Waals surface area contributed by atoms with E-state index in [4.69, 9.17) is 0 Å². The van der Waals surface area contributed by atoms with E-state index in [9.17, 15) is 18.0 Å². The first-order valence-corrected chi connectivity index (χ1v) is 8.66. The molecule has 0 aromatic carbocycles. The third-order valence-corrected chi connectivity index (χ3v) is 4.64. The van der Waals surface area contributed by atoms with Crippen molar-refractivity contribution in [2.45, 2.75) is 63.7 Å². The van der Waals surface area contributed by atoms with Gasteiger partial charge in [0.05, 0.1) is 6.54 Å². The smallest absolute Gasteiger partial charge is 0.343 e. The predicted octanol–water partition coefficient (Wildman–Crippen LogP) is 2.39. The number of carbonyl (C=O) groups is 1. The highest BCUT2D eigenvalue weighted by atomic mass is 19.4. The molecular formula is C16H28F3N3O. The number of hydrogen-bond donors (Lipinski definition) is 1. The van der Waals surface area contributed by atoms with Crippen molar-refractivity contribution in [2.24, 2.45) is 0 Å². The minimum absolute atomic E-state index is 0.00147. The zero-order chi connectivity index (χ0) is 16.9. The minimum atomic E-state index is -4.14. The van der Waals surface area contributed by atoms with Crippen molar-refractivity contribution in [3.05, 3.63) is 0 Å². The lowest BCUT2D eigenvalue weighted by Gasteiger charge is -2.25. The quantitative estimate of drug-likeness (QED) is 0.838. The summed E-state index contributed by atoms with van der Waals surface area (Å²) in [5, 5.41) is 3.32. The van der Waals surface area contributed by atoms with Crippen molar-refractivity contribution in [3.63, 3.8) is 0 Å². The summed E-state index contributed by atoms with van der Waals surface area (Å²) in [4.78, 5) is 15.7. The van der Waals surface area contributed by atoms with Gasteiger partial charge in [-0.3, -0.25) is 9.69 Å². The number of likely N-dealkylation sites (tertiary alicyclic amines) is 2. The van der Waals surface area contributed by atoms with Gasteiger partial charge in [0, 0.05) is 44.7 Å². The molecule has 0 radical (unpaired) electrons. The van der Waals surface area contributed by atoms with Crippen molar-refractivity contribution in [2.75, 3.05) is 32.7 Å². The Morgan fingerprint density at radius 2 is 1.83 bits per heavy atom. The molecule has 7 heteroatoms. The lowest BCUT2D eigenvalue weighted by Crippen LogP contribution is -2.43. The van der Waals surface area contributed by atoms with Crippen LogP contribution in [0.15, 0.2) is 0 Å². The molecule has 2 aliphatic rings. The molecule has 0 saturated carbocycles. The topological polar surface area (TPSA) is 35.6 Å². The maximum absolute atomic E-state index is 12.4. The van der Waals surface area contributed by atoms with Crippen LogP contribution in [-0.4, -0.2) is 66.7 Å². The number of hydrogen-bond acceptors (Lipinski definition) is 3. The van der Waals surface area contributed by atoms with Crippen LogP contribution in [0.25, 0.3) is 0 Å². The van der Waals surface area contributed by atoms with Gasteiger partial charge in [-0.25, -0.2) is 0 Å². The molecule has 2 saturated heterocycles. The van der Waals surface area contributed by atoms with Crippen molar-refractivity contribution in [1.82, 2.24) is 15.1 Å². The third-order valence-electron chi connectivity index (χ3n) is 4.64. The molecule has 2 heterocycles. The van der Waals surface area contributed by atoms with E-state index in [1.165, 1.54) is 17.7 Å². The van der Waals surface area contributed by atoms with Gasteiger partial charge in [0.2, 0.25) is 5.91 Å². The summed E-state index contributed by atoms with van der Waals surface area (Å²) < 4.78 is 37.2. The molecule has 2 atom stereocenters. The Morgan fingerprint density at radius 1 is 1.17 bits per heavy atom. The van der Waals surface area contributed by atoms with Crippen LogP contribution < -0.4 is 5.32 Å². The highest BCUT2D eigenvalue weighted by molar-refractivity contribution is 5.76. The van der Waals surface area contributed by atoms with Gasteiger partial charge in [0.25, 0.3) is 0 Å². The van der Waals surface area contributed by atoms with E-state index >= 15 is 0 Å². The first-order valence-electron chi connectivity index (χ1n) is 8.66. The highest BCUT2D eigenvalue weighted by Gasteiger charge is 2.34. The second kappa shape index (κ2) is 8.33. The zero-order valence-corrected chi connectivity index (χ0v) is 13.9. The summed E-state index contributed by atoms with van der Waals surface area (Å²) in [6, 6.07) is 0.0471. The summed E-state index contributed by atoms with van der Waals surface area (Å²) in [6.45, 7) is 3.66. The van der Waals surface area contributed by atoms with Gasteiger partial charge in [-0.2, -0.15) is 13.2 Å². The Labute approximate surface area is 136 Å². The number of amides is 1. The molecule has 0 spiro atoms. The molecule has 0 bridgehead atoms. The number of halogens is 3. The van der Waals surface area contributed by atoms with E-state index in [2.05, 4.69) is 5.32 Å². The number of nitrogens with zero attached hydrogens (tertiary/aromatic N) is 2. The highest BCUT2D eigenvalue weighted by Crippen LogP contribution is 2.20. The summed E-state index contributed by atoms with van der Waals surface area (Å²) in [7, 11) is 0. The second-order valence-electron chi connectivity index (χ2n) is 6.90. The molecule has 0 aliphatic carbocycles. The molecule has 1 amide bonds. The summed E-state index contributed by atoms with van der Waals surface area (Å²) in [6.07, 6.45) is 1.52. The van der Waals surface area contributed by atoms with E-state index in [0.29, 0.717) is 25.9 Å². The largest absolute Gasteiger partial charge is 0.401 e. The second-order valence-corrected chi connectivity index (χ2v) is 6.90. The van der Waals surface area contributed by atoms with Gasteiger partial charge in [0.1, 0.15) is 0 Å². The van der Waals surface area contributed by atoms with Crippen LogP contribution in [0.5, 0.6) is 0 Å². The first kappa shape index (κ1) is 18.5. The Hall–Kier alpha value is -0.820. The van der Waals surface area contributed by atoms with Crippen LogP contribution in [0, 0.1) is 0 Å². The van der Waals surface area contributed by atoms with Crippen LogP contribution in [0.2, 0.25) is 0 Å². The first-order chi connectivity index (χ1) is 10.8. The van der Waals surface area contributed by atoms with Gasteiger partial charge in [-0.15, -0.1) is 0 Å². The molecule has 134 valence electrons. The minimum Gasteiger partial charge on any atom is -0.343 e. The fourth-order valence-electron chi connectivity index (χ4n) is 3.54. The average molecular weight is 335 g/mol. The monoisotopic (exact) mass is 335 g/mol. The molecule has 0 unspecified atom stereocenters. The van der Waals surface area contributed by atoms with Crippen LogP contribution in [0.1, 0.15) is 45.4 Å². The van der Waals surface area contributed by atoms with E-state index in [1.807, 2.05) is 11.8 Å². The van der Waals surface area contributed by atoms with Crippen molar-refractivity contribution >= 4 is 5.91 Å². The van der Waals surface area contributed by atoms with Crippen LogP contribution in [0.4, 0.5) is 13.2 Å². The van der Waals surface area contributed by atoms with Crippen LogP contribution in [-0.2, 0) is 4.79 Å². The standard InChI is InChI=1S/C16H28F3N3O/c1-13(10-15(23)22-7-4-2-3-5-8-22)20-14-6-9-21(11-14)12-16(17,18)19/h13-14,20H,2-12H2,1H3/t13-,14-/m0/s1. The number of alkyl halides is 3. The molecule has 4 nitrogen and oxygen atoms in total. The molecule has 2 fully saturated rings. The summed E-state index contributed by atoms with van der Waals surface area (Å²) in [5.74, 6) is 0.164. The summed E-state index contributed by atoms with van der Waals surface area (Å²) in [5.41, 5.74) is 0. The number of carbonyl (C=O) groups excluding carboxylic acids is 1. The van der Waals surface area contributed by atoms with Crippen LogP contribution in [0.3, 0.4) is 0 Å². The van der Waals surface area contributed by atoms with E-state index in [-0.39, 0.29) is 18.0 Å².